The predicted octanol–water partition coefficient (Wildman–Crippen LogP) is 6.87. The topological polar surface area (TPSA) is 9.23 Å². The molecular weight excluding hydrogens is 344 g/mol. The van der Waals surface area contributed by atoms with E-state index in [0.29, 0.717) is 0 Å². The summed E-state index contributed by atoms with van der Waals surface area (Å²) >= 11 is 0. The van der Waals surface area contributed by atoms with Gasteiger partial charge in [0.15, 0.2) is 0 Å². The lowest BCUT2D eigenvalue weighted by Gasteiger charge is -2.43. The summed E-state index contributed by atoms with van der Waals surface area (Å²) in [7, 11) is -0.0877. The van der Waals surface area contributed by atoms with Gasteiger partial charge in [-0.1, -0.05) is 97.0 Å². The lowest BCUT2D eigenvalue weighted by Crippen LogP contribution is -2.52. The normalized spacial score (nSPS) is 21.2. The number of allylic oxidation sites excluding steroid dienone is 4. The second-order valence-corrected chi connectivity index (χ2v) is 15.9. The van der Waals surface area contributed by atoms with Crippen LogP contribution in [0.2, 0.25) is 18.1 Å². The Kier molecular flexibility index (Phi) is 5.42. The van der Waals surface area contributed by atoms with Gasteiger partial charge in [-0.2, -0.15) is 0 Å². The Labute approximate surface area is 168 Å². The summed E-state index contributed by atoms with van der Waals surface area (Å²) in [5.74, 6) is 1.11. The van der Waals surface area contributed by atoms with Crippen LogP contribution in [-0.4, -0.2) is 15.2 Å². The fraction of sp³-hybridized carbons (Fsp3) is 0.600. The molecule has 1 aromatic rings. The third-order valence-electron chi connectivity index (χ3n) is 6.98. The van der Waals surface area contributed by atoms with E-state index in [2.05, 4.69) is 99.7 Å². The molecule has 1 aliphatic carbocycles. The minimum atomic E-state index is -1.93. The van der Waals surface area contributed by atoms with Crippen molar-refractivity contribution >= 4 is 13.3 Å². The smallest absolute Gasteiger partial charge is 0.121 e. The molecule has 2 heteroatoms. The average Bonchev–Trinajstić information content (AvgIpc) is 2.81. The van der Waals surface area contributed by atoms with Gasteiger partial charge in [0, 0.05) is 5.04 Å². The molecule has 0 N–H and O–H groups in total. The number of hydrogen-bond acceptors (Lipinski definition) is 1. The maximum atomic E-state index is 6.12. The Bertz CT molecular complexity index is 797. The molecule has 1 nitrogen and oxygen atoms in total. The molecule has 0 saturated heterocycles. The van der Waals surface area contributed by atoms with E-state index in [9.17, 15) is 0 Å². The lowest BCUT2D eigenvalue weighted by molar-refractivity contribution is 0.399. The van der Waals surface area contributed by atoms with Crippen LogP contribution in [-0.2, 0) is 10.8 Å². The minimum Gasteiger partial charge on any atom is -0.497 e. The summed E-state index contributed by atoms with van der Waals surface area (Å²) in [6, 6.07) is 4.84. The molecule has 1 unspecified atom stereocenters. The zero-order valence-corrected chi connectivity index (χ0v) is 20.7. The average molecular weight is 385 g/mol. The van der Waals surface area contributed by atoms with E-state index in [4.69, 9.17) is 4.74 Å². The highest BCUT2D eigenvalue weighted by atomic mass is 28.3. The first-order chi connectivity index (χ1) is 12.1. The SMILES string of the molecule is COc1c(C(C)(C)C)cc(C(C)(C)C)cc1[Si](C)(C)C1(C)C=CC(C)=C1C. The van der Waals surface area contributed by atoms with Crippen molar-refractivity contribution in [2.24, 2.45) is 0 Å². The number of methoxy groups -OCH3 is 1. The molecule has 0 fully saturated rings. The summed E-state index contributed by atoms with van der Waals surface area (Å²) < 4.78 is 6.12. The summed E-state index contributed by atoms with van der Waals surface area (Å²) in [5, 5.41) is 1.55. The molecule has 2 rings (SSSR count). The zero-order chi connectivity index (χ0) is 21.0. The number of rotatable bonds is 3. The molecule has 27 heavy (non-hydrogen) atoms. The standard InChI is InChI=1S/C25H40OSi/c1-17-13-14-25(9,18(17)2)27(11,12)21-16-19(23(3,4)5)15-20(22(21)26-10)24(6,7)8/h13-16H,1-12H3. The highest BCUT2D eigenvalue weighted by Crippen LogP contribution is 2.52. The predicted molar refractivity (Wildman–Crippen MR) is 123 cm³/mol. The Morgan fingerprint density at radius 1 is 0.926 bits per heavy atom. The first-order valence-electron chi connectivity index (χ1n) is 10.2. The molecule has 0 aliphatic heterocycles. The van der Waals surface area contributed by atoms with Gasteiger partial charge in [-0.3, -0.25) is 0 Å². The van der Waals surface area contributed by atoms with Crippen LogP contribution in [0.4, 0.5) is 0 Å². The van der Waals surface area contributed by atoms with Gasteiger partial charge in [-0.05, 0) is 41.0 Å². The van der Waals surface area contributed by atoms with Crippen molar-refractivity contribution in [3.8, 4) is 5.75 Å². The van der Waals surface area contributed by atoms with E-state index in [-0.39, 0.29) is 15.9 Å². The van der Waals surface area contributed by atoms with Crippen molar-refractivity contribution in [1.29, 1.82) is 0 Å². The summed E-state index contributed by atoms with van der Waals surface area (Å²) in [5.41, 5.74) is 5.82. The molecule has 1 aliphatic rings. The van der Waals surface area contributed by atoms with Gasteiger partial charge in [0.1, 0.15) is 5.75 Å². The van der Waals surface area contributed by atoms with E-state index < -0.39 is 8.07 Å². The van der Waals surface area contributed by atoms with E-state index in [1.54, 1.807) is 0 Å². The summed E-state index contributed by atoms with van der Waals surface area (Å²) in [4.78, 5) is 0. The highest BCUT2D eigenvalue weighted by molar-refractivity contribution is 6.94. The van der Waals surface area contributed by atoms with Crippen LogP contribution in [0.5, 0.6) is 5.75 Å². The van der Waals surface area contributed by atoms with Crippen molar-refractivity contribution in [1.82, 2.24) is 0 Å². The van der Waals surface area contributed by atoms with Crippen molar-refractivity contribution < 1.29 is 4.74 Å². The van der Waals surface area contributed by atoms with Crippen LogP contribution in [0, 0.1) is 0 Å². The van der Waals surface area contributed by atoms with E-state index in [0.717, 1.165) is 5.75 Å². The van der Waals surface area contributed by atoms with Crippen LogP contribution >= 0.6 is 0 Å². The summed E-state index contributed by atoms with van der Waals surface area (Å²) in [6.45, 7) is 25.8. The second-order valence-electron chi connectivity index (χ2n) is 11.1. The molecular formula is C25H40OSi. The van der Waals surface area contributed by atoms with Gasteiger partial charge >= 0.3 is 0 Å². The Morgan fingerprint density at radius 3 is 1.85 bits per heavy atom. The Hall–Kier alpha value is -1.28. The first-order valence-corrected chi connectivity index (χ1v) is 13.2. The minimum absolute atomic E-state index is 0.0407. The molecule has 0 heterocycles. The Morgan fingerprint density at radius 2 is 1.48 bits per heavy atom. The molecule has 1 aromatic carbocycles. The van der Waals surface area contributed by atoms with Crippen LogP contribution < -0.4 is 9.92 Å². The molecule has 1 atom stereocenters. The lowest BCUT2D eigenvalue weighted by atomic mass is 9.80. The highest BCUT2D eigenvalue weighted by Gasteiger charge is 2.48. The van der Waals surface area contributed by atoms with Crippen LogP contribution in [0.25, 0.3) is 0 Å². The van der Waals surface area contributed by atoms with Crippen LogP contribution in [0.15, 0.2) is 35.4 Å². The molecule has 0 spiro atoms. The van der Waals surface area contributed by atoms with Crippen LogP contribution in [0.3, 0.4) is 0 Å². The van der Waals surface area contributed by atoms with Crippen molar-refractivity contribution in [3.63, 3.8) is 0 Å². The maximum absolute atomic E-state index is 6.12. The molecule has 0 amide bonds. The van der Waals surface area contributed by atoms with Gasteiger partial charge in [-0.25, -0.2) is 0 Å². The molecule has 0 radical (unpaired) electrons. The monoisotopic (exact) mass is 384 g/mol. The van der Waals surface area contributed by atoms with Crippen molar-refractivity contribution in [2.45, 2.75) is 91.3 Å². The van der Waals surface area contributed by atoms with Crippen molar-refractivity contribution in [3.05, 3.63) is 46.6 Å². The second kappa shape index (κ2) is 6.65. The Balaban J connectivity index is 2.88. The third kappa shape index (κ3) is 3.58. The van der Waals surface area contributed by atoms with Gasteiger partial charge in [0.05, 0.1) is 15.2 Å². The fourth-order valence-corrected chi connectivity index (χ4v) is 7.73. The van der Waals surface area contributed by atoms with E-state index in [1.165, 1.54) is 27.5 Å². The summed E-state index contributed by atoms with van der Waals surface area (Å²) in [6.07, 6.45) is 4.76. The number of hydrogen-bond donors (Lipinski definition) is 0. The molecule has 0 aromatic heterocycles. The van der Waals surface area contributed by atoms with Crippen molar-refractivity contribution in [2.75, 3.05) is 7.11 Å². The molecule has 0 saturated carbocycles. The first kappa shape index (κ1) is 22.0. The maximum Gasteiger partial charge on any atom is 0.121 e. The molecule has 0 bridgehead atoms. The fourth-order valence-electron chi connectivity index (χ4n) is 4.21. The number of ether oxygens (including phenoxy) is 1. The van der Waals surface area contributed by atoms with E-state index in [1.807, 2.05) is 7.11 Å². The zero-order valence-electron chi connectivity index (χ0n) is 19.7. The van der Waals surface area contributed by atoms with E-state index >= 15 is 0 Å². The number of benzene rings is 1. The van der Waals surface area contributed by atoms with Gasteiger partial charge in [0.2, 0.25) is 0 Å². The quantitative estimate of drug-likeness (QED) is 0.516. The van der Waals surface area contributed by atoms with Gasteiger partial charge in [0.25, 0.3) is 0 Å². The largest absolute Gasteiger partial charge is 0.497 e. The van der Waals surface area contributed by atoms with Gasteiger partial charge in [-0.15, -0.1) is 0 Å². The molecule has 150 valence electrons. The third-order valence-corrected chi connectivity index (χ3v) is 11.8. The van der Waals surface area contributed by atoms with Gasteiger partial charge < -0.3 is 4.74 Å². The van der Waals surface area contributed by atoms with Crippen LogP contribution in [0.1, 0.15) is 73.4 Å².